The van der Waals surface area contributed by atoms with E-state index in [2.05, 4.69) is 20.6 Å². The number of amides is 3. The second-order valence-electron chi connectivity index (χ2n) is 6.92. The summed E-state index contributed by atoms with van der Waals surface area (Å²) in [6, 6.07) is 11.6. The lowest BCUT2D eigenvalue weighted by Gasteiger charge is -2.20. The largest absolute Gasteiger partial charge is 0.333 e. The van der Waals surface area contributed by atoms with Crippen LogP contribution in [0.5, 0.6) is 0 Å². The topological polar surface area (TPSA) is 84.0 Å². The Bertz CT molecular complexity index is 965. The Hall–Kier alpha value is -2.45. The van der Waals surface area contributed by atoms with E-state index in [-0.39, 0.29) is 11.7 Å². The second kappa shape index (κ2) is 8.06. The summed E-state index contributed by atoms with van der Waals surface area (Å²) in [5.41, 5.74) is 0.717. The molecular formula is C19H20N4O2S2. The van der Waals surface area contributed by atoms with Crippen molar-refractivity contribution in [1.82, 2.24) is 20.6 Å². The van der Waals surface area contributed by atoms with Gasteiger partial charge < -0.3 is 5.32 Å². The zero-order valence-corrected chi connectivity index (χ0v) is 16.9. The van der Waals surface area contributed by atoms with Crippen LogP contribution in [0.2, 0.25) is 0 Å². The molecule has 0 aliphatic carbocycles. The first-order valence-electron chi connectivity index (χ1n) is 8.36. The normalized spacial score (nSPS) is 11.4. The molecule has 0 aliphatic heterocycles. The van der Waals surface area contributed by atoms with E-state index in [4.69, 9.17) is 0 Å². The van der Waals surface area contributed by atoms with Crippen molar-refractivity contribution in [3.8, 4) is 10.4 Å². The van der Waals surface area contributed by atoms with Crippen molar-refractivity contribution < 1.29 is 9.59 Å². The van der Waals surface area contributed by atoms with Gasteiger partial charge in [-0.25, -0.2) is 14.8 Å². The second-order valence-corrected chi connectivity index (χ2v) is 8.91. The van der Waals surface area contributed by atoms with Crippen LogP contribution in [0.15, 0.2) is 47.8 Å². The number of thiophene rings is 1. The highest BCUT2D eigenvalue weighted by Gasteiger charge is 2.17. The lowest BCUT2D eigenvalue weighted by molar-refractivity contribution is -0.117. The molecule has 2 aromatic heterocycles. The maximum atomic E-state index is 12.0. The fourth-order valence-corrected chi connectivity index (χ4v) is 4.20. The number of imide groups is 1. The van der Waals surface area contributed by atoms with Crippen molar-refractivity contribution >= 4 is 45.3 Å². The minimum absolute atomic E-state index is 0.0974. The van der Waals surface area contributed by atoms with Crippen molar-refractivity contribution in [2.75, 3.05) is 5.75 Å². The van der Waals surface area contributed by atoms with E-state index in [1.165, 1.54) is 18.1 Å². The van der Waals surface area contributed by atoms with E-state index >= 15 is 0 Å². The summed E-state index contributed by atoms with van der Waals surface area (Å²) >= 11 is 2.88. The molecule has 0 bridgehead atoms. The third-order valence-corrected chi connectivity index (χ3v) is 5.53. The molecule has 140 valence electrons. The third kappa shape index (κ3) is 5.27. The number of nitrogens with one attached hydrogen (secondary N) is 2. The summed E-state index contributed by atoms with van der Waals surface area (Å²) in [5.74, 6) is -0.271. The predicted molar refractivity (Wildman–Crippen MR) is 110 cm³/mol. The summed E-state index contributed by atoms with van der Waals surface area (Å²) in [5, 5.41) is 6.67. The summed E-state index contributed by atoms with van der Waals surface area (Å²) in [6.45, 7) is 5.55. The highest BCUT2D eigenvalue weighted by molar-refractivity contribution is 8.00. The average molecular weight is 401 g/mol. The molecule has 0 unspecified atom stereocenters. The fraction of sp³-hybridized carbons (Fsp3) is 0.263. The summed E-state index contributed by atoms with van der Waals surface area (Å²) in [7, 11) is 0. The van der Waals surface area contributed by atoms with Gasteiger partial charge in [-0.3, -0.25) is 10.1 Å². The quantitative estimate of drug-likeness (QED) is 0.509. The van der Waals surface area contributed by atoms with E-state index in [1.807, 2.05) is 57.2 Å². The Morgan fingerprint density at radius 2 is 1.89 bits per heavy atom. The molecule has 0 spiro atoms. The molecule has 2 heterocycles. The van der Waals surface area contributed by atoms with Gasteiger partial charge in [-0.15, -0.1) is 11.3 Å². The standard InChI is InChI=1S/C19H20N4O2S2/c1-19(2,3)23-18(25)22-15(24)10-26-16-13-9-14(12-7-5-4-6-8-12)27-17(13)21-11-20-16/h4-9,11H,10H2,1-3H3,(H2,22,23,24,25). The number of hydrogen-bond donors (Lipinski definition) is 2. The van der Waals surface area contributed by atoms with Crippen LogP contribution in [-0.2, 0) is 4.79 Å². The molecule has 0 saturated carbocycles. The maximum Gasteiger partial charge on any atom is 0.321 e. The Labute approximate surface area is 165 Å². The molecule has 0 fully saturated rings. The lowest BCUT2D eigenvalue weighted by atomic mass is 10.1. The molecule has 0 atom stereocenters. The van der Waals surface area contributed by atoms with Gasteiger partial charge in [-0.1, -0.05) is 42.1 Å². The predicted octanol–water partition coefficient (Wildman–Crippen LogP) is 4.07. The van der Waals surface area contributed by atoms with Gasteiger partial charge >= 0.3 is 6.03 Å². The number of carbonyl (C=O) groups is 2. The molecule has 0 saturated heterocycles. The number of carbonyl (C=O) groups excluding carboxylic acids is 2. The number of fused-ring (bicyclic) bond motifs is 1. The summed E-state index contributed by atoms with van der Waals surface area (Å²) in [4.78, 5) is 34.4. The Morgan fingerprint density at radius 3 is 2.59 bits per heavy atom. The lowest BCUT2D eigenvalue weighted by Crippen LogP contribution is -2.48. The Morgan fingerprint density at radius 1 is 1.15 bits per heavy atom. The Balaban J connectivity index is 1.69. The van der Waals surface area contributed by atoms with Crippen molar-refractivity contribution in [3.63, 3.8) is 0 Å². The number of thioether (sulfide) groups is 1. The van der Waals surface area contributed by atoms with Crippen LogP contribution in [0.25, 0.3) is 20.7 Å². The zero-order chi connectivity index (χ0) is 19.4. The number of urea groups is 1. The van der Waals surface area contributed by atoms with E-state index in [0.717, 1.165) is 25.7 Å². The van der Waals surface area contributed by atoms with Crippen LogP contribution >= 0.6 is 23.1 Å². The first kappa shape index (κ1) is 19.3. The summed E-state index contributed by atoms with van der Waals surface area (Å²) < 4.78 is 0. The van der Waals surface area contributed by atoms with Crippen LogP contribution in [0.3, 0.4) is 0 Å². The fourth-order valence-electron chi connectivity index (χ4n) is 2.36. The smallest absolute Gasteiger partial charge is 0.321 e. The molecule has 8 heteroatoms. The van der Waals surface area contributed by atoms with Crippen LogP contribution < -0.4 is 10.6 Å². The molecule has 0 radical (unpaired) electrons. The molecule has 1 aromatic carbocycles. The number of aromatic nitrogens is 2. The van der Waals surface area contributed by atoms with Gasteiger partial charge in [0.2, 0.25) is 5.91 Å². The highest BCUT2D eigenvalue weighted by atomic mass is 32.2. The number of benzene rings is 1. The van der Waals surface area contributed by atoms with Gasteiger partial charge in [-0.05, 0) is 32.4 Å². The van der Waals surface area contributed by atoms with Gasteiger partial charge in [-0.2, -0.15) is 0 Å². The summed E-state index contributed by atoms with van der Waals surface area (Å²) in [6.07, 6.45) is 1.50. The van der Waals surface area contributed by atoms with Crippen molar-refractivity contribution in [1.29, 1.82) is 0 Å². The minimum atomic E-state index is -0.497. The monoisotopic (exact) mass is 400 g/mol. The first-order chi connectivity index (χ1) is 12.8. The zero-order valence-electron chi connectivity index (χ0n) is 15.3. The van der Waals surface area contributed by atoms with Gasteiger partial charge in [0.05, 0.1) is 5.75 Å². The van der Waals surface area contributed by atoms with Gasteiger partial charge in [0, 0.05) is 15.8 Å². The average Bonchev–Trinajstić information content (AvgIpc) is 3.03. The van der Waals surface area contributed by atoms with Crippen LogP contribution in [0, 0.1) is 0 Å². The molecule has 6 nitrogen and oxygen atoms in total. The first-order valence-corrected chi connectivity index (χ1v) is 10.2. The Kier molecular flexibility index (Phi) is 5.76. The SMILES string of the molecule is CC(C)(C)NC(=O)NC(=O)CSc1ncnc2sc(-c3ccccc3)cc12. The molecule has 3 rings (SSSR count). The van der Waals surface area contributed by atoms with E-state index in [1.54, 1.807) is 11.3 Å². The van der Waals surface area contributed by atoms with Crippen molar-refractivity contribution in [3.05, 3.63) is 42.7 Å². The highest BCUT2D eigenvalue weighted by Crippen LogP contribution is 2.35. The van der Waals surface area contributed by atoms with Crippen LogP contribution in [0.4, 0.5) is 4.79 Å². The van der Waals surface area contributed by atoms with E-state index in [0.29, 0.717) is 0 Å². The van der Waals surface area contributed by atoms with Crippen LogP contribution in [0.1, 0.15) is 20.8 Å². The number of nitrogens with zero attached hydrogens (tertiary/aromatic N) is 2. The van der Waals surface area contributed by atoms with E-state index < -0.39 is 11.6 Å². The van der Waals surface area contributed by atoms with Gasteiger partial charge in [0.1, 0.15) is 16.2 Å². The van der Waals surface area contributed by atoms with Gasteiger partial charge in [0.25, 0.3) is 0 Å². The number of rotatable bonds is 4. The maximum absolute atomic E-state index is 12.0. The minimum Gasteiger partial charge on any atom is -0.333 e. The van der Waals surface area contributed by atoms with Crippen LogP contribution in [-0.4, -0.2) is 33.2 Å². The van der Waals surface area contributed by atoms with E-state index in [9.17, 15) is 9.59 Å². The van der Waals surface area contributed by atoms with Crippen molar-refractivity contribution in [2.24, 2.45) is 0 Å². The third-order valence-electron chi connectivity index (χ3n) is 3.43. The molecular weight excluding hydrogens is 380 g/mol. The molecule has 3 amide bonds. The number of hydrogen-bond acceptors (Lipinski definition) is 6. The molecule has 27 heavy (non-hydrogen) atoms. The molecule has 0 aliphatic rings. The van der Waals surface area contributed by atoms with Gasteiger partial charge in [0.15, 0.2) is 0 Å². The molecule has 3 aromatic rings. The molecule has 2 N–H and O–H groups in total. The van der Waals surface area contributed by atoms with Crippen molar-refractivity contribution in [2.45, 2.75) is 31.3 Å².